The molecule has 0 amide bonds. The predicted molar refractivity (Wildman–Crippen MR) is 48.1 cm³/mol. The van der Waals surface area contributed by atoms with Crippen LogP contribution in [0.5, 0.6) is 11.5 Å². The van der Waals surface area contributed by atoms with Crippen molar-refractivity contribution in [3.63, 3.8) is 0 Å². The van der Waals surface area contributed by atoms with Gasteiger partial charge in [0.2, 0.25) is 6.79 Å². The number of alkyl halides is 1. The standard InChI is InChI=1S/C10H11FO3/c1-10(11,5-12)7-2-3-8-9(4-7)14-6-13-8/h2-4,12H,5-6H2,1H3. The van der Waals surface area contributed by atoms with Crippen LogP contribution in [0.4, 0.5) is 4.39 Å². The van der Waals surface area contributed by atoms with Gasteiger partial charge in [-0.15, -0.1) is 0 Å². The molecule has 1 unspecified atom stereocenters. The molecule has 0 radical (unpaired) electrons. The summed E-state index contributed by atoms with van der Waals surface area (Å²) in [5.74, 6) is 1.14. The van der Waals surface area contributed by atoms with Gasteiger partial charge >= 0.3 is 0 Å². The molecule has 1 aromatic rings. The highest BCUT2D eigenvalue weighted by Crippen LogP contribution is 2.36. The van der Waals surface area contributed by atoms with Crippen LogP contribution in [0.3, 0.4) is 0 Å². The first-order valence-electron chi connectivity index (χ1n) is 4.33. The molecule has 0 aliphatic carbocycles. The molecule has 1 aliphatic rings. The summed E-state index contributed by atoms with van der Waals surface area (Å²) in [6.45, 7) is 0.943. The zero-order valence-corrected chi connectivity index (χ0v) is 7.79. The Kier molecular flexibility index (Phi) is 2.07. The average Bonchev–Trinajstić information content (AvgIpc) is 2.64. The lowest BCUT2D eigenvalue weighted by molar-refractivity contribution is 0.0865. The first-order valence-corrected chi connectivity index (χ1v) is 4.33. The highest BCUT2D eigenvalue weighted by atomic mass is 19.1. The molecule has 1 atom stereocenters. The highest BCUT2D eigenvalue weighted by Gasteiger charge is 2.27. The van der Waals surface area contributed by atoms with E-state index in [-0.39, 0.29) is 6.79 Å². The molecule has 2 rings (SSSR count). The first-order chi connectivity index (χ1) is 6.63. The zero-order valence-electron chi connectivity index (χ0n) is 7.79. The number of aliphatic hydroxyl groups excluding tert-OH is 1. The molecule has 0 aromatic heterocycles. The van der Waals surface area contributed by atoms with E-state index in [1.807, 2.05) is 0 Å². The summed E-state index contributed by atoms with van der Waals surface area (Å²) in [4.78, 5) is 0. The summed E-state index contributed by atoms with van der Waals surface area (Å²) in [7, 11) is 0. The number of halogens is 1. The van der Waals surface area contributed by atoms with Crippen molar-refractivity contribution in [2.45, 2.75) is 12.6 Å². The van der Waals surface area contributed by atoms with Crippen LogP contribution in [-0.4, -0.2) is 18.5 Å². The second kappa shape index (κ2) is 3.13. The third-order valence-electron chi connectivity index (χ3n) is 2.27. The lowest BCUT2D eigenvalue weighted by Gasteiger charge is -2.17. The number of aliphatic hydroxyl groups is 1. The monoisotopic (exact) mass is 198 g/mol. The second-order valence-electron chi connectivity index (χ2n) is 3.42. The number of hydrogen-bond acceptors (Lipinski definition) is 3. The van der Waals surface area contributed by atoms with Crippen molar-refractivity contribution >= 4 is 0 Å². The van der Waals surface area contributed by atoms with Crippen molar-refractivity contribution in [2.24, 2.45) is 0 Å². The number of fused-ring (bicyclic) bond motifs is 1. The third kappa shape index (κ3) is 1.42. The van der Waals surface area contributed by atoms with E-state index in [1.165, 1.54) is 6.92 Å². The average molecular weight is 198 g/mol. The van der Waals surface area contributed by atoms with Gasteiger partial charge in [-0.3, -0.25) is 0 Å². The number of hydrogen-bond donors (Lipinski definition) is 1. The van der Waals surface area contributed by atoms with Crippen LogP contribution in [0.2, 0.25) is 0 Å². The van der Waals surface area contributed by atoms with Crippen molar-refractivity contribution in [1.29, 1.82) is 0 Å². The minimum absolute atomic E-state index is 0.168. The van der Waals surface area contributed by atoms with Gasteiger partial charge in [-0.05, 0) is 24.6 Å². The molecular weight excluding hydrogens is 187 g/mol. The predicted octanol–water partition coefficient (Wildman–Crippen LogP) is 1.59. The fourth-order valence-corrected chi connectivity index (χ4v) is 1.31. The second-order valence-corrected chi connectivity index (χ2v) is 3.42. The van der Waals surface area contributed by atoms with Crippen LogP contribution < -0.4 is 9.47 Å². The Labute approximate surface area is 81.1 Å². The summed E-state index contributed by atoms with van der Waals surface area (Å²) in [6.07, 6.45) is 0. The Morgan fingerprint density at radius 2 is 2.14 bits per heavy atom. The Morgan fingerprint density at radius 3 is 2.86 bits per heavy atom. The van der Waals surface area contributed by atoms with Crippen molar-refractivity contribution in [3.8, 4) is 11.5 Å². The maximum atomic E-state index is 13.7. The molecule has 4 heteroatoms. The van der Waals surface area contributed by atoms with E-state index < -0.39 is 12.3 Å². The lowest BCUT2D eigenvalue weighted by atomic mass is 9.98. The number of benzene rings is 1. The van der Waals surface area contributed by atoms with Gasteiger partial charge in [-0.1, -0.05) is 6.07 Å². The Morgan fingerprint density at radius 1 is 1.43 bits per heavy atom. The van der Waals surface area contributed by atoms with Crippen LogP contribution in [0, 0.1) is 0 Å². The molecule has 0 bridgehead atoms. The fourth-order valence-electron chi connectivity index (χ4n) is 1.31. The van der Waals surface area contributed by atoms with Crippen LogP contribution in [0.15, 0.2) is 18.2 Å². The molecule has 1 aliphatic heterocycles. The summed E-state index contributed by atoms with van der Waals surface area (Å²) >= 11 is 0. The van der Waals surface area contributed by atoms with Crippen molar-refractivity contribution < 1.29 is 19.0 Å². The maximum absolute atomic E-state index is 13.7. The van der Waals surface area contributed by atoms with Crippen LogP contribution >= 0.6 is 0 Å². The van der Waals surface area contributed by atoms with Gasteiger partial charge in [0.25, 0.3) is 0 Å². The molecule has 0 saturated heterocycles. The highest BCUT2D eigenvalue weighted by molar-refractivity contribution is 5.45. The molecule has 0 fully saturated rings. The zero-order chi connectivity index (χ0) is 10.2. The third-order valence-corrected chi connectivity index (χ3v) is 2.27. The fraction of sp³-hybridized carbons (Fsp3) is 0.400. The first kappa shape index (κ1) is 9.27. The van der Waals surface area contributed by atoms with E-state index in [4.69, 9.17) is 14.6 Å². The summed E-state index contributed by atoms with van der Waals surface area (Å²) < 4.78 is 23.9. The van der Waals surface area contributed by atoms with E-state index in [0.29, 0.717) is 17.1 Å². The smallest absolute Gasteiger partial charge is 0.231 e. The molecule has 0 saturated carbocycles. The number of ether oxygens (including phenoxy) is 2. The van der Waals surface area contributed by atoms with Crippen molar-refractivity contribution in [2.75, 3.05) is 13.4 Å². The Balaban J connectivity index is 2.38. The van der Waals surface area contributed by atoms with Crippen LogP contribution in [0.25, 0.3) is 0 Å². The Bertz CT molecular complexity index is 349. The van der Waals surface area contributed by atoms with Crippen molar-refractivity contribution in [3.05, 3.63) is 23.8 Å². The molecular formula is C10H11FO3. The van der Waals surface area contributed by atoms with Crippen LogP contribution in [-0.2, 0) is 5.67 Å². The van der Waals surface area contributed by atoms with E-state index in [2.05, 4.69) is 0 Å². The van der Waals surface area contributed by atoms with Gasteiger partial charge in [0, 0.05) is 0 Å². The van der Waals surface area contributed by atoms with E-state index in [0.717, 1.165) is 0 Å². The van der Waals surface area contributed by atoms with E-state index in [9.17, 15) is 4.39 Å². The summed E-state index contributed by atoms with van der Waals surface area (Å²) in [6, 6.07) is 4.79. The Hall–Kier alpha value is -1.29. The molecule has 3 nitrogen and oxygen atoms in total. The maximum Gasteiger partial charge on any atom is 0.231 e. The summed E-state index contributed by atoms with van der Waals surface area (Å²) in [5, 5.41) is 8.85. The van der Waals surface area contributed by atoms with Crippen LogP contribution in [0.1, 0.15) is 12.5 Å². The quantitative estimate of drug-likeness (QED) is 0.784. The molecule has 1 aromatic carbocycles. The van der Waals surface area contributed by atoms with Gasteiger partial charge in [-0.2, -0.15) is 0 Å². The summed E-state index contributed by atoms with van der Waals surface area (Å²) in [5.41, 5.74) is -1.34. The molecule has 76 valence electrons. The molecule has 14 heavy (non-hydrogen) atoms. The van der Waals surface area contributed by atoms with Gasteiger partial charge in [0.05, 0.1) is 6.61 Å². The normalized spacial score (nSPS) is 17.9. The molecule has 0 spiro atoms. The topological polar surface area (TPSA) is 38.7 Å². The number of rotatable bonds is 2. The van der Waals surface area contributed by atoms with Gasteiger partial charge < -0.3 is 14.6 Å². The lowest BCUT2D eigenvalue weighted by Crippen LogP contribution is -2.19. The van der Waals surface area contributed by atoms with Crippen molar-refractivity contribution in [1.82, 2.24) is 0 Å². The van der Waals surface area contributed by atoms with E-state index >= 15 is 0 Å². The van der Waals surface area contributed by atoms with E-state index in [1.54, 1.807) is 18.2 Å². The minimum atomic E-state index is -1.74. The minimum Gasteiger partial charge on any atom is -0.454 e. The van der Waals surface area contributed by atoms with Gasteiger partial charge in [0.1, 0.15) is 0 Å². The van der Waals surface area contributed by atoms with Gasteiger partial charge in [0.15, 0.2) is 17.2 Å². The molecule has 1 heterocycles. The van der Waals surface area contributed by atoms with Gasteiger partial charge in [-0.25, -0.2) is 4.39 Å². The molecule has 1 N–H and O–H groups in total. The largest absolute Gasteiger partial charge is 0.454 e. The SMILES string of the molecule is CC(F)(CO)c1ccc2c(c1)OCO2.